The number of ether oxygens (including phenoxy) is 1. The lowest BCUT2D eigenvalue weighted by Crippen LogP contribution is -2.17. The number of anilines is 1. The quantitative estimate of drug-likeness (QED) is 0.255. The Hall–Kier alpha value is -3.54. The number of nitro groups is 1. The van der Waals surface area contributed by atoms with Gasteiger partial charge >= 0.3 is 11.8 Å². The van der Waals surface area contributed by atoms with Gasteiger partial charge < -0.3 is 24.7 Å². The number of hydrogen-bond acceptors (Lipinski definition) is 9. The minimum atomic E-state index is -0.597. The third-order valence-corrected chi connectivity index (χ3v) is 6.58. The molecule has 0 unspecified atom stereocenters. The van der Waals surface area contributed by atoms with Crippen LogP contribution in [0.3, 0.4) is 0 Å². The van der Waals surface area contributed by atoms with Crippen molar-refractivity contribution < 1.29 is 23.8 Å². The second-order valence-corrected chi connectivity index (χ2v) is 8.51. The van der Waals surface area contributed by atoms with Crippen molar-refractivity contribution in [1.29, 1.82) is 0 Å². The van der Waals surface area contributed by atoms with Gasteiger partial charge in [0.25, 0.3) is 5.91 Å². The predicted octanol–water partition coefficient (Wildman–Crippen LogP) is 3.51. The molecule has 11 nitrogen and oxygen atoms in total. The highest BCUT2D eigenvalue weighted by Gasteiger charge is 2.28. The van der Waals surface area contributed by atoms with Crippen molar-refractivity contribution in [2.24, 2.45) is 0 Å². The molecule has 1 aliphatic carbocycles. The van der Waals surface area contributed by atoms with Crippen molar-refractivity contribution in [2.45, 2.75) is 45.6 Å². The van der Waals surface area contributed by atoms with Gasteiger partial charge in [0.1, 0.15) is 10.8 Å². The first-order chi connectivity index (χ1) is 15.4. The van der Waals surface area contributed by atoms with E-state index in [0.717, 1.165) is 42.5 Å². The number of carbonyl (C=O) groups excluding carboxylic acids is 2. The molecule has 0 saturated carbocycles. The number of carbonyl (C=O) groups is 2. The lowest BCUT2D eigenvalue weighted by molar-refractivity contribution is -0.389. The Morgan fingerprint density at radius 1 is 1.34 bits per heavy atom. The molecular weight excluding hydrogens is 438 g/mol. The number of amides is 1. The minimum absolute atomic E-state index is 0.0278. The van der Waals surface area contributed by atoms with Crippen LogP contribution >= 0.6 is 11.3 Å². The number of aryl methyl sites for hydroxylation is 2. The second kappa shape index (κ2) is 8.91. The molecule has 12 heteroatoms. The first kappa shape index (κ1) is 21.7. The second-order valence-electron chi connectivity index (χ2n) is 7.41. The third-order valence-electron chi connectivity index (χ3n) is 5.37. The zero-order valence-electron chi connectivity index (χ0n) is 17.5. The van der Waals surface area contributed by atoms with Gasteiger partial charge in [-0.25, -0.2) is 4.79 Å². The van der Waals surface area contributed by atoms with Gasteiger partial charge in [0.15, 0.2) is 5.69 Å². The number of thiophene rings is 1. The van der Waals surface area contributed by atoms with Gasteiger partial charge in [-0.1, -0.05) is 11.6 Å². The number of nitrogens with zero attached hydrogens (tertiary/aromatic N) is 4. The summed E-state index contributed by atoms with van der Waals surface area (Å²) in [6.45, 7) is 1.71. The van der Waals surface area contributed by atoms with E-state index in [1.807, 2.05) is 0 Å². The van der Waals surface area contributed by atoms with Gasteiger partial charge in [-0.3, -0.25) is 4.79 Å². The van der Waals surface area contributed by atoms with E-state index >= 15 is 0 Å². The molecule has 0 fully saturated rings. The molecule has 3 aromatic rings. The fourth-order valence-electron chi connectivity index (χ4n) is 3.77. The Morgan fingerprint density at radius 2 is 2.12 bits per heavy atom. The van der Waals surface area contributed by atoms with Crippen LogP contribution in [-0.2, 0) is 24.1 Å². The number of rotatable bonds is 6. The molecule has 3 aromatic heterocycles. The van der Waals surface area contributed by atoms with E-state index in [9.17, 15) is 19.7 Å². The van der Waals surface area contributed by atoms with Crippen LogP contribution in [0.15, 0.2) is 16.8 Å². The van der Waals surface area contributed by atoms with Crippen molar-refractivity contribution >= 4 is 34.0 Å². The fourth-order valence-corrected chi connectivity index (χ4v) is 5.04. The van der Waals surface area contributed by atoms with E-state index in [1.54, 1.807) is 6.92 Å². The molecule has 0 atom stereocenters. The number of methoxy groups -OCH3 is 1. The maximum absolute atomic E-state index is 13.1. The normalized spacial score (nSPS) is 13.3. The summed E-state index contributed by atoms with van der Waals surface area (Å²) in [4.78, 5) is 36.9. The van der Waals surface area contributed by atoms with E-state index < -0.39 is 16.8 Å². The van der Waals surface area contributed by atoms with E-state index in [2.05, 4.69) is 15.6 Å². The van der Waals surface area contributed by atoms with Crippen LogP contribution in [-0.4, -0.2) is 38.8 Å². The molecule has 4 rings (SSSR count). The molecule has 1 aliphatic rings. The molecule has 0 aromatic carbocycles. The summed E-state index contributed by atoms with van der Waals surface area (Å²) in [5, 5.41) is 21.8. The minimum Gasteiger partial charge on any atom is -0.465 e. The zero-order chi connectivity index (χ0) is 22.8. The summed E-state index contributed by atoms with van der Waals surface area (Å²) >= 11 is 1.38. The molecule has 0 saturated heterocycles. The van der Waals surface area contributed by atoms with Crippen LogP contribution in [0.5, 0.6) is 0 Å². The molecule has 1 N–H and O–H groups in total. The van der Waals surface area contributed by atoms with Gasteiger partial charge in [-0.15, -0.1) is 11.3 Å². The van der Waals surface area contributed by atoms with Gasteiger partial charge in [0, 0.05) is 4.88 Å². The number of aromatic nitrogens is 3. The molecule has 0 aliphatic heterocycles. The van der Waals surface area contributed by atoms with Crippen molar-refractivity contribution in [3.05, 3.63) is 55.4 Å². The first-order valence-corrected chi connectivity index (χ1v) is 10.9. The molecule has 1 amide bonds. The lowest BCUT2D eigenvalue weighted by Gasteiger charge is -2.07. The van der Waals surface area contributed by atoms with Crippen LogP contribution in [0.2, 0.25) is 0 Å². The Bertz CT molecular complexity index is 1190. The van der Waals surface area contributed by atoms with Crippen LogP contribution in [0, 0.1) is 17.0 Å². The lowest BCUT2D eigenvalue weighted by atomic mass is 10.1. The monoisotopic (exact) mass is 459 g/mol. The van der Waals surface area contributed by atoms with Crippen LogP contribution in [0.1, 0.15) is 61.9 Å². The smallest absolute Gasteiger partial charge is 0.389 e. The maximum Gasteiger partial charge on any atom is 0.389 e. The summed E-state index contributed by atoms with van der Waals surface area (Å²) in [6.07, 6.45) is 6.16. The standard InChI is InChI=1S/C20H21N5O6S/c1-11-13(10-24-9-8-15(22-24)25(28)29)17(23-31-11)18(26)21-19-16(20(27)30-2)12-6-4-3-5-7-14(12)32-19/h8-9H,3-7,10H2,1-2H3,(H,21,26). The molecular formula is C20H21N5O6S. The maximum atomic E-state index is 13.1. The SMILES string of the molecule is COC(=O)c1c(NC(=O)c2noc(C)c2Cn2ccc([N+](=O)[O-])n2)sc2c1CCCCC2. The van der Waals surface area contributed by atoms with Crippen LogP contribution in [0.25, 0.3) is 0 Å². The molecule has 3 heterocycles. The molecule has 32 heavy (non-hydrogen) atoms. The topological polar surface area (TPSA) is 142 Å². The van der Waals surface area contributed by atoms with E-state index in [4.69, 9.17) is 9.26 Å². The fraction of sp³-hybridized carbons (Fsp3) is 0.400. The van der Waals surface area contributed by atoms with Crippen molar-refractivity contribution in [3.63, 3.8) is 0 Å². The van der Waals surface area contributed by atoms with Crippen LogP contribution in [0.4, 0.5) is 10.8 Å². The number of hydrogen-bond donors (Lipinski definition) is 1. The van der Waals surface area contributed by atoms with Crippen LogP contribution < -0.4 is 5.32 Å². The van der Waals surface area contributed by atoms with Crippen molar-refractivity contribution in [3.8, 4) is 0 Å². The number of nitrogens with one attached hydrogen (secondary N) is 1. The highest BCUT2D eigenvalue weighted by Crippen LogP contribution is 2.38. The summed E-state index contributed by atoms with van der Waals surface area (Å²) in [6, 6.07) is 1.27. The average molecular weight is 459 g/mol. The van der Waals surface area contributed by atoms with Crippen molar-refractivity contribution in [2.75, 3.05) is 12.4 Å². The highest BCUT2D eigenvalue weighted by molar-refractivity contribution is 7.17. The third kappa shape index (κ3) is 4.13. The van der Waals surface area contributed by atoms with E-state index in [-0.39, 0.29) is 18.1 Å². The number of esters is 1. The Morgan fingerprint density at radius 3 is 2.84 bits per heavy atom. The van der Waals surface area contributed by atoms with Gasteiger partial charge in [0.2, 0.25) is 0 Å². The Kier molecular flexibility index (Phi) is 6.04. The zero-order valence-corrected chi connectivity index (χ0v) is 18.4. The Labute approximate surface area is 186 Å². The summed E-state index contributed by atoms with van der Waals surface area (Å²) < 4.78 is 11.5. The largest absolute Gasteiger partial charge is 0.465 e. The van der Waals surface area contributed by atoms with Crippen molar-refractivity contribution in [1.82, 2.24) is 14.9 Å². The van der Waals surface area contributed by atoms with Gasteiger partial charge in [0.05, 0.1) is 42.1 Å². The summed E-state index contributed by atoms with van der Waals surface area (Å²) in [7, 11) is 1.32. The van der Waals surface area contributed by atoms with Gasteiger partial charge in [-0.2, -0.15) is 4.68 Å². The average Bonchev–Trinajstić information content (AvgIpc) is 3.42. The number of fused-ring (bicyclic) bond motifs is 1. The summed E-state index contributed by atoms with van der Waals surface area (Å²) in [5.74, 6) is -0.934. The Balaban J connectivity index is 1.62. The molecule has 168 valence electrons. The van der Waals surface area contributed by atoms with E-state index in [0.29, 0.717) is 21.9 Å². The van der Waals surface area contributed by atoms with E-state index in [1.165, 1.54) is 35.4 Å². The molecule has 0 bridgehead atoms. The molecule has 0 spiro atoms. The first-order valence-electron chi connectivity index (χ1n) is 10.1. The molecule has 0 radical (unpaired) electrons. The van der Waals surface area contributed by atoms with Gasteiger partial charge in [-0.05, 0) is 43.1 Å². The predicted molar refractivity (Wildman–Crippen MR) is 114 cm³/mol. The highest BCUT2D eigenvalue weighted by atomic mass is 32.1. The summed E-state index contributed by atoms with van der Waals surface area (Å²) in [5.41, 5.74) is 1.81.